The molecule has 10 nitrogen and oxygen atoms in total. The number of hydrogen-bond donors (Lipinski definition) is 2. The number of benzene rings is 1. The van der Waals surface area contributed by atoms with Gasteiger partial charge in [-0.15, -0.1) is 0 Å². The molecular formula is C30H39N5O5. The Kier molecular flexibility index (Phi) is 7.61. The summed E-state index contributed by atoms with van der Waals surface area (Å²) in [5.74, 6) is -0.151. The zero-order valence-electron chi connectivity index (χ0n) is 23.1. The minimum atomic E-state index is -1.23. The number of oxime groups is 1. The number of carboxylic acids is 1. The first-order chi connectivity index (χ1) is 19.4. The molecule has 40 heavy (non-hydrogen) atoms. The number of carbonyl (C=O) groups is 2. The van der Waals surface area contributed by atoms with Gasteiger partial charge >= 0.3 is 5.97 Å². The van der Waals surface area contributed by atoms with Gasteiger partial charge < -0.3 is 19.8 Å². The van der Waals surface area contributed by atoms with Crippen molar-refractivity contribution >= 4 is 28.6 Å². The summed E-state index contributed by atoms with van der Waals surface area (Å²) in [5.41, 5.74) is 0.474. The minimum Gasteiger partial charge on any atom is -0.479 e. The molecule has 214 valence electrons. The minimum absolute atomic E-state index is 0.0281. The number of nitrogens with zero attached hydrogens (tertiary/aromatic N) is 4. The molecule has 6 atom stereocenters. The first kappa shape index (κ1) is 26.9. The maximum atomic E-state index is 14.1. The van der Waals surface area contributed by atoms with Gasteiger partial charge in [0.2, 0.25) is 6.61 Å². The molecule has 3 heterocycles. The van der Waals surface area contributed by atoms with E-state index in [1.165, 1.54) is 52.0 Å². The van der Waals surface area contributed by atoms with Crippen LogP contribution in [0.2, 0.25) is 0 Å². The van der Waals surface area contributed by atoms with Crippen LogP contribution in [0.1, 0.15) is 82.4 Å². The van der Waals surface area contributed by atoms with Crippen LogP contribution in [0.25, 0.3) is 11.0 Å². The molecule has 2 aromatic rings. The number of aliphatic carboxylic acids is 1. The number of aromatic nitrogens is 2. The van der Waals surface area contributed by atoms with Crippen LogP contribution in [0.3, 0.4) is 0 Å². The highest BCUT2D eigenvalue weighted by molar-refractivity contribution is 6.44. The van der Waals surface area contributed by atoms with E-state index in [4.69, 9.17) is 9.94 Å². The number of carbonyl (C=O) groups excluding carboxylic acids is 1. The van der Waals surface area contributed by atoms with Crippen LogP contribution < -0.4 is 10.9 Å². The fourth-order valence-electron chi connectivity index (χ4n) is 8.27. The Hall–Kier alpha value is -3.27. The van der Waals surface area contributed by atoms with Crippen LogP contribution >= 0.6 is 0 Å². The Morgan fingerprint density at radius 3 is 2.33 bits per heavy atom. The average Bonchev–Trinajstić information content (AvgIpc) is 2.94. The smallest absolute Gasteiger partial charge is 0.344 e. The van der Waals surface area contributed by atoms with Crippen molar-refractivity contribution in [3.8, 4) is 0 Å². The SMILES string of the molecule is CNC(=O)C(=NOCC(=O)O)c1nc2ccccc2n(C2C[C@H]3CCC[C@@H](C2)N3C2C[C@H]3CCC[C@@H](C2)C3)c1=O. The van der Waals surface area contributed by atoms with E-state index in [9.17, 15) is 14.4 Å². The van der Waals surface area contributed by atoms with Crippen LogP contribution in [0.5, 0.6) is 0 Å². The average molecular weight is 550 g/mol. The summed E-state index contributed by atoms with van der Waals surface area (Å²) in [7, 11) is 1.42. The van der Waals surface area contributed by atoms with Gasteiger partial charge in [-0.05, 0) is 68.9 Å². The van der Waals surface area contributed by atoms with E-state index in [0.29, 0.717) is 23.6 Å². The Morgan fingerprint density at radius 1 is 0.975 bits per heavy atom. The molecule has 2 unspecified atom stereocenters. The molecule has 4 fully saturated rings. The predicted octanol–water partition coefficient (Wildman–Crippen LogP) is 3.47. The standard InChI is InChI=1S/C30H39N5O5/c1-31-29(38)27(33-40-17-26(36)37)28-30(39)35(25-11-3-2-10-24(25)32-28)23-15-20-8-5-9-21(16-23)34(20)22-13-18-6-4-7-19(12-18)14-22/h2-3,10-11,18-23H,4-9,12-17H2,1H3,(H,31,38)(H,36,37)/t18-,19+,20-,21+,22?,23?. The first-order valence-corrected chi connectivity index (χ1v) is 14.9. The molecule has 0 radical (unpaired) electrons. The number of carboxylic acid groups (broad SMARTS) is 1. The summed E-state index contributed by atoms with van der Waals surface area (Å²) in [5, 5.41) is 15.2. The zero-order valence-corrected chi connectivity index (χ0v) is 23.1. The monoisotopic (exact) mass is 549 g/mol. The highest BCUT2D eigenvalue weighted by atomic mass is 16.6. The van der Waals surface area contributed by atoms with Crippen molar-refractivity contribution < 1.29 is 19.5 Å². The zero-order chi connectivity index (χ0) is 27.8. The van der Waals surface area contributed by atoms with E-state index >= 15 is 0 Å². The van der Waals surface area contributed by atoms with Gasteiger partial charge in [0.1, 0.15) is 0 Å². The molecule has 2 N–H and O–H groups in total. The molecular weight excluding hydrogens is 510 g/mol. The Morgan fingerprint density at radius 2 is 1.65 bits per heavy atom. The molecule has 2 aliphatic heterocycles. The molecule has 2 saturated carbocycles. The summed E-state index contributed by atoms with van der Waals surface area (Å²) >= 11 is 0. The lowest BCUT2D eigenvalue weighted by atomic mass is 9.68. The number of fused-ring (bicyclic) bond motifs is 5. The van der Waals surface area contributed by atoms with Crippen LogP contribution in [0.15, 0.2) is 34.2 Å². The number of amides is 1. The molecule has 4 aliphatic rings. The van der Waals surface area contributed by atoms with Crippen LogP contribution in [0, 0.1) is 11.8 Å². The maximum absolute atomic E-state index is 14.1. The first-order valence-electron chi connectivity index (χ1n) is 14.9. The van der Waals surface area contributed by atoms with Gasteiger partial charge in [-0.25, -0.2) is 9.78 Å². The Balaban J connectivity index is 1.36. The highest BCUT2D eigenvalue weighted by Crippen LogP contribution is 2.47. The van der Waals surface area contributed by atoms with E-state index in [-0.39, 0.29) is 17.4 Å². The largest absolute Gasteiger partial charge is 0.479 e. The van der Waals surface area contributed by atoms with Gasteiger partial charge in [0.25, 0.3) is 11.5 Å². The number of likely N-dealkylation sites (N-methyl/N-ethyl adjacent to an activating group) is 1. The van der Waals surface area contributed by atoms with Crippen molar-refractivity contribution in [2.75, 3.05) is 13.7 Å². The summed E-state index contributed by atoms with van der Waals surface area (Å²) < 4.78 is 1.82. The van der Waals surface area contributed by atoms with E-state index < -0.39 is 24.0 Å². The summed E-state index contributed by atoms with van der Waals surface area (Å²) in [6, 6.07) is 8.99. The number of para-hydroxylation sites is 2. The van der Waals surface area contributed by atoms with Crippen molar-refractivity contribution in [1.82, 2.24) is 19.8 Å². The molecule has 4 bridgehead atoms. The van der Waals surface area contributed by atoms with Crippen molar-refractivity contribution in [1.29, 1.82) is 0 Å². The summed E-state index contributed by atoms with van der Waals surface area (Å²) in [6.07, 6.45) is 13.5. The molecule has 6 rings (SSSR count). The maximum Gasteiger partial charge on any atom is 0.344 e. The summed E-state index contributed by atoms with van der Waals surface area (Å²) in [4.78, 5) is 50.1. The number of rotatable bonds is 7. The number of nitrogens with one attached hydrogen (secondary N) is 1. The topological polar surface area (TPSA) is 126 Å². The second-order valence-electron chi connectivity index (χ2n) is 12.1. The molecule has 1 aromatic carbocycles. The normalized spacial score (nSPS) is 30.6. The molecule has 1 amide bonds. The Bertz CT molecular complexity index is 1350. The third-order valence-electron chi connectivity index (χ3n) is 9.70. The third-order valence-corrected chi connectivity index (χ3v) is 9.70. The van der Waals surface area contributed by atoms with Crippen molar-refractivity contribution in [2.24, 2.45) is 17.0 Å². The van der Waals surface area contributed by atoms with E-state index in [0.717, 1.165) is 43.0 Å². The van der Waals surface area contributed by atoms with E-state index in [1.54, 1.807) is 0 Å². The molecule has 1 aromatic heterocycles. The highest BCUT2D eigenvalue weighted by Gasteiger charge is 2.45. The molecule has 0 spiro atoms. The van der Waals surface area contributed by atoms with Crippen molar-refractivity contribution in [2.45, 2.75) is 94.8 Å². The fourth-order valence-corrected chi connectivity index (χ4v) is 8.27. The van der Waals surface area contributed by atoms with Gasteiger partial charge in [-0.3, -0.25) is 14.5 Å². The van der Waals surface area contributed by atoms with Gasteiger partial charge in [0, 0.05) is 31.2 Å². The second-order valence-corrected chi connectivity index (χ2v) is 12.1. The second kappa shape index (κ2) is 11.3. The van der Waals surface area contributed by atoms with E-state index in [1.807, 2.05) is 28.8 Å². The van der Waals surface area contributed by atoms with Gasteiger partial charge in [0.15, 0.2) is 11.4 Å². The quantitative estimate of drug-likeness (QED) is 0.400. The molecule has 2 aliphatic carbocycles. The van der Waals surface area contributed by atoms with Crippen LogP contribution in [0.4, 0.5) is 0 Å². The van der Waals surface area contributed by atoms with Gasteiger partial charge in [0.05, 0.1) is 11.0 Å². The lowest BCUT2D eigenvalue weighted by molar-refractivity contribution is -0.142. The summed E-state index contributed by atoms with van der Waals surface area (Å²) in [6.45, 7) is -0.729. The van der Waals surface area contributed by atoms with Gasteiger partial charge in [-0.2, -0.15) is 0 Å². The third kappa shape index (κ3) is 5.13. The predicted molar refractivity (Wildman–Crippen MR) is 150 cm³/mol. The number of piperidine rings is 2. The molecule has 2 saturated heterocycles. The van der Waals surface area contributed by atoms with Crippen molar-refractivity contribution in [3.63, 3.8) is 0 Å². The Labute approximate surface area is 233 Å². The van der Waals surface area contributed by atoms with Gasteiger partial charge in [-0.1, -0.05) is 43.0 Å². The van der Waals surface area contributed by atoms with Crippen molar-refractivity contribution in [3.05, 3.63) is 40.3 Å². The lowest BCUT2D eigenvalue weighted by Gasteiger charge is -2.55. The van der Waals surface area contributed by atoms with Crippen LogP contribution in [-0.4, -0.2) is 68.9 Å². The number of hydrogen-bond acceptors (Lipinski definition) is 7. The molecule has 10 heteroatoms. The van der Waals surface area contributed by atoms with Crippen LogP contribution in [-0.2, 0) is 14.4 Å². The van der Waals surface area contributed by atoms with E-state index in [2.05, 4.69) is 20.4 Å². The lowest BCUT2D eigenvalue weighted by Crippen LogP contribution is -2.58. The fraction of sp³-hybridized carbons (Fsp3) is 0.633.